The highest BCUT2D eigenvalue weighted by molar-refractivity contribution is 7.22. The molecular weight excluding hydrogens is 296 g/mol. The Kier molecular flexibility index (Phi) is 2.84. The van der Waals surface area contributed by atoms with Crippen molar-refractivity contribution in [3.05, 3.63) is 46.5 Å². The molecule has 104 valence electrons. The Morgan fingerprint density at radius 3 is 2.33 bits per heavy atom. The largest absolute Gasteiger partial charge is 0.241 e. The van der Waals surface area contributed by atoms with Crippen molar-refractivity contribution in [2.75, 3.05) is 0 Å². The van der Waals surface area contributed by atoms with Crippen LogP contribution in [0.4, 0.5) is 0 Å². The number of hydrogen-bond donors (Lipinski definition) is 0. The highest BCUT2D eigenvalue weighted by Gasteiger charge is 2.10. The summed E-state index contributed by atoms with van der Waals surface area (Å²) in [6, 6.07) is 10.9. The third-order valence-electron chi connectivity index (χ3n) is 3.76. The fraction of sp³-hybridized carbons (Fsp3) is 0.176. The molecule has 0 aliphatic heterocycles. The number of thiazole rings is 2. The molecule has 0 radical (unpaired) electrons. The van der Waals surface area contributed by atoms with Gasteiger partial charge in [-0.2, -0.15) is 0 Å². The first-order valence-electron chi connectivity index (χ1n) is 6.85. The smallest absolute Gasteiger partial charge is 0.124 e. The molecule has 4 rings (SSSR count). The summed E-state index contributed by atoms with van der Waals surface area (Å²) in [5, 5.41) is 2.19. The van der Waals surface area contributed by atoms with E-state index in [1.54, 1.807) is 22.7 Å². The van der Waals surface area contributed by atoms with E-state index < -0.39 is 0 Å². The second-order valence-corrected chi connectivity index (χ2v) is 7.60. The summed E-state index contributed by atoms with van der Waals surface area (Å²) < 4.78 is 2.48. The lowest BCUT2D eigenvalue weighted by atomic mass is 10.1. The van der Waals surface area contributed by atoms with Crippen LogP contribution in [0.15, 0.2) is 30.3 Å². The molecule has 0 N–H and O–H groups in total. The normalized spacial score (nSPS) is 11.6. The van der Waals surface area contributed by atoms with E-state index in [0.29, 0.717) is 0 Å². The predicted molar refractivity (Wildman–Crippen MR) is 92.4 cm³/mol. The summed E-state index contributed by atoms with van der Waals surface area (Å²) in [7, 11) is 0. The first-order valence-corrected chi connectivity index (χ1v) is 8.49. The lowest BCUT2D eigenvalue weighted by molar-refractivity contribution is 1.33. The number of fused-ring (bicyclic) bond motifs is 2. The molecular formula is C17H14N2S2. The van der Waals surface area contributed by atoms with Crippen LogP contribution in [0.1, 0.15) is 16.1 Å². The molecule has 0 atom stereocenters. The van der Waals surface area contributed by atoms with Crippen molar-refractivity contribution in [3.8, 4) is 10.6 Å². The summed E-state index contributed by atoms with van der Waals surface area (Å²) >= 11 is 3.50. The Labute approximate surface area is 131 Å². The molecule has 0 amide bonds. The molecule has 0 aliphatic carbocycles. The molecule has 0 aliphatic rings. The maximum absolute atomic E-state index is 4.80. The molecule has 4 aromatic rings. The van der Waals surface area contributed by atoms with E-state index in [0.717, 1.165) is 21.0 Å². The van der Waals surface area contributed by atoms with Crippen LogP contribution in [-0.4, -0.2) is 9.97 Å². The fourth-order valence-corrected chi connectivity index (χ4v) is 4.37. The minimum atomic E-state index is 1.05. The first kappa shape index (κ1) is 12.9. The zero-order valence-corrected chi connectivity index (χ0v) is 13.7. The van der Waals surface area contributed by atoms with Crippen molar-refractivity contribution in [1.82, 2.24) is 9.97 Å². The quantitative estimate of drug-likeness (QED) is 0.464. The Morgan fingerprint density at radius 1 is 0.762 bits per heavy atom. The maximum Gasteiger partial charge on any atom is 0.124 e. The van der Waals surface area contributed by atoms with Crippen LogP contribution < -0.4 is 0 Å². The van der Waals surface area contributed by atoms with E-state index >= 15 is 0 Å². The number of benzene rings is 2. The second-order valence-electron chi connectivity index (χ2n) is 5.34. The van der Waals surface area contributed by atoms with Crippen LogP contribution in [0, 0.1) is 20.8 Å². The van der Waals surface area contributed by atoms with Crippen molar-refractivity contribution in [1.29, 1.82) is 0 Å². The second kappa shape index (κ2) is 4.61. The Balaban J connectivity index is 1.91. The van der Waals surface area contributed by atoms with E-state index in [2.05, 4.69) is 49.2 Å². The van der Waals surface area contributed by atoms with E-state index in [1.807, 2.05) is 6.92 Å². The van der Waals surface area contributed by atoms with E-state index in [4.69, 9.17) is 4.98 Å². The fourth-order valence-electron chi connectivity index (χ4n) is 2.46. The number of hydrogen-bond acceptors (Lipinski definition) is 4. The molecule has 0 unspecified atom stereocenters. The lowest BCUT2D eigenvalue weighted by Crippen LogP contribution is -1.82. The van der Waals surface area contributed by atoms with Gasteiger partial charge in [0.25, 0.3) is 0 Å². The number of aryl methyl sites for hydroxylation is 3. The summed E-state index contributed by atoms with van der Waals surface area (Å²) in [5.74, 6) is 0. The van der Waals surface area contributed by atoms with Gasteiger partial charge in [0.2, 0.25) is 0 Å². The molecule has 2 aromatic heterocycles. The average Bonchev–Trinajstić information content (AvgIpc) is 3.00. The van der Waals surface area contributed by atoms with Crippen molar-refractivity contribution < 1.29 is 0 Å². The van der Waals surface area contributed by atoms with Crippen LogP contribution >= 0.6 is 22.7 Å². The van der Waals surface area contributed by atoms with Crippen LogP contribution in [0.2, 0.25) is 0 Å². The van der Waals surface area contributed by atoms with Crippen LogP contribution in [0.5, 0.6) is 0 Å². The zero-order chi connectivity index (χ0) is 14.6. The van der Waals surface area contributed by atoms with Crippen LogP contribution in [0.25, 0.3) is 31.0 Å². The number of nitrogens with zero attached hydrogens (tertiary/aromatic N) is 2. The van der Waals surface area contributed by atoms with Crippen molar-refractivity contribution in [2.45, 2.75) is 20.8 Å². The molecule has 21 heavy (non-hydrogen) atoms. The SMILES string of the molecule is Cc1nc2cc3nc(-c4ccc(C)c(C)c4)sc3cc2s1. The van der Waals surface area contributed by atoms with E-state index in [1.165, 1.54) is 26.1 Å². The van der Waals surface area contributed by atoms with Crippen molar-refractivity contribution in [2.24, 2.45) is 0 Å². The molecule has 4 heteroatoms. The van der Waals surface area contributed by atoms with Gasteiger partial charge in [-0.15, -0.1) is 22.7 Å². The van der Waals surface area contributed by atoms with Gasteiger partial charge < -0.3 is 0 Å². The Morgan fingerprint density at radius 2 is 1.52 bits per heavy atom. The predicted octanol–water partition coefficient (Wildman–Crippen LogP) is 5.50. The monoisotopic (exact) mass is 310 g/mol. The van der Waals surface area contributed by atoms with Gasteiger partial charge in [-0.25, -0.2) is 9.97 Å². The molecule has 0 bridgehead atoms. The zero-order valence-electron chi connectivity index (χ0n) is 12.1. The van der Waals surface area contributed by atoms with Gasteiger partial charge in [-0.3, -0.25) is 0 Å². The Bertz CT molecular complexity index is 928. The van der Waals surface area contributed by atoms with Crippen molar-refractivity contribution >= 4 is 43.1 Å². The van der Waals surface area contributed by atoms with Crippen LogP contribution in [0.3, 0.4) is 0 Å². The minimum absolute atomic E-state index is 1.05. The van der Waals surface area contributed by atoms with Gasteiger partial charge >= 0.3 is 0 Å². The number of rotatable bonds is 1. The van der Waals surface area contributed by atoms with Gasteiger partial charge in [0.1, 0.15) is 5.01 Å². The van der Waals surface area contributed by atoms with Gasteiger partial charge in [0.05, 0.1) is 25.4 Å². The van der Waals surface area contributed by atoms with Gasteiger partial charge in [-0.05, 0) is 50.1 Å². The lowest BCUT2D eigenvalue weighted by Gasteiger charge is -2.01. The summed E-state index contributed by atoms with van der Waals surface area (Å²) in [4.78, 5) is 9.35. The maximum atomic E-state index is 4.80. The molecule has 2 nitrogen and oxygen atoms in total. The highest BCUT2D eigenvalue weighted by atomic mass is 32.1. The van der Waals surface area contributed by atoms with Gasteiger partial charge in [-0.1, -0.05) is 12.1 Å². The summed E-state index contributed by atoms with van der Waals surface area (Å²) in [5.41, 5.74) is 5.94. The third kappa shape index (κ3) is 2.15. The molecule has 2 heterocycles. The summed E-state index contributed by atoms with van der Waals surface area (Å²) in [6.07, 6.45) is 0. The number of aromatic nitrogens is 2. The minimum Gasteiger partial charge on any atom is -0.241 e. The van der Waals surface area contributed by atoms with Crippen LogP contribution in [-0.2, 0) is 0 Å². The molecule has 2 aromatic carbocycles. The molecule has 0 saturated heterocycles. The van der Waals surface area contributed by atoms with E-state index in [9.17, 15) is 0 Å². The van der Waals surface area contributed by atoms with Gasteiger partial charge in [0.15, 0.2) is 0 Å². The third-order valence-corrected chi connectivity index (χ3v) is 5.76. The molecule has 0 spiro atoms. The Hall–Kier alpha value is -1.78. The highest BCUT2D eigenvalue weighted by Crippen LogP contribution is 2.34. The topological polar surface area (TPSA) is 25.8 Å². The van der Waals surface area contributed by atoms with Crippen molar-refractivity contribution in [3.63, 3.8) is 0 Å². The van der Waals surface area contributed by atoms with Gasteiger partial charge in [0, 0.05) is 5.56 Å². The molecule has 0 fully saturated rings. The average molecular weight is 310 g/mol. The molecule has 0 saturated carbocycles. The standard InChI is InChI=1S/C17H14N2S2/c1-9-4-5-12(6-10(9)2)17-19-14-7-13-15(8-16(14)21-17)20-11(3)18-13/h4-8H,1-3H3. The van der Waals surface area contributed by atoms with E-state index in [-0.39, 0.29) is 0 Å². The first-order chi connectivity index (χ1) is 10.1. The summed E-state index contributed by atoms with van der Waals surface area (Å²) in [6.45, 7) is 6.33.